The molecular weight excluding hydrogens is 1930 g/mol. The topological polar surface area (TPSA) is 304 Å². The average molecular weight is 2140 g/mol. The Balaban J connectivity index is -0.00000158. The maximum absolute atomic E-state index is 12.2. The molecule has 842 valence electrons. The third kappa shape index (κ3) is 60.0. The molecule has 8 aromatic heterocycles. The van der Waals surface area contributed by atoms with Crippen molar-refractivity contribution in [2.75, 3.05) is 13.1 Å². The molecule has 8 aromatic rings. The van der Waals surface area contributed by atoms with E-state index in [0.29, 0.717) is 69.8 Å². The van der Waals surface area contributed by atoms with E-state index >= 15 is 0 Å². The van der Waals surface area contributed by atoms with Crippen molar-refractivity contribution in [3.63, 3.8) is 0 Å². The number of aromatic amines is 1. The van der Waals surface area contributed by atoms with E-state index in [1.165, 1.54) is 21.9 Å². The van der Waals surface area contributed by atoms with Crippen molar-refractivity contribution in [3.05, 3.63) is 159 Å². The van der Waals surface area contributed by atoms with Crippen LogP contribution >= 0.6 is 45.6 Å². The average Bonchev–Trinajstić information content (AvgIpc) is 1.66. The van der Waals surface area contributed by atoms with Crippen LogP contribution in [0.4, 0.5) is 0 Å². The van der Waals surface area contributed by atoms with Crippen LogP contribution in [0.5, 0.6) is 0 Å². The maximum atomic E-state index is 12.2. The molecule has 148 heavy (non-hydrogen) atoms. The van der Waals surface area contributed by atoms with Gasteiger partial charge in [0, 0.05) is 158 Å². The molecule has 0 saturated carbocycles. The number of H-pyrrole nitrogens is 1. The molecule has 0 bridgehead atoms. The summed E-state index contributed by atoms with van der Waals surface area (Å²) in [6.07, 6.45) is 12.2. The minimum absolute atomic E-state index is 0.0515. The first kappa shape index (κ1) is 144. The summed E-state index contributed by atoms with van der Waals surface area (Å²) in [5.74, 6) is 5.42. The van der Waals surface area contributed by atoms with Gasteiger partial charge in [-0.3, -0.25) is 47.9 Å². The molecule has 0 aliphatic rings. The summed E-state index contributed by atoms with van der Waals surface area (Å²) < 4.78 is 11.3. The van der Waals surface area contributed by atoms with Crippen molar-refractivity contribution in [1.82, 2.24) is 43.9 Å². The van der Waals surface area contributed by atoms with E-state index in [4.69, 9.17) is 21.8 Å². The van der Waals surface area contributed by atoms with Crippen LogP contribution < -0.4 is 11.1 Å². The zero-order valence-corrected chi connectivity index (χ0v) is 107. The summed E-state index contributed by atoms with van der Waals surface area (Å²) in [4.78, 5) is 144. The van der Waals surface area contributed by atoms with E-state index in [1.54, 1.807) is 39.5 Å². The highest BCUT2D eigenvalue weighted by Gasteiger charge is 2.35. The lowest BCUT2D eigenvalue weighted by Crippen LogP contribution is -2.38. The molecule has 0 unspecified atom stereocenters. The summed E-state index contributed by atoms with van der Waals surface area (Å²) in [6.45, 7) is 113. The van der Waals surface area contributed by atoms with Gasteiger partial charge in [0.25, 0.3) is 0 Å². The zero-order valence-electron chi connectivity index (χ0n) is 104. The van der Waals surface area contributed by atoms with Crippen LogP contribution in [0.1, 0.15) is 503 Å². The number of Topliss-reactive ketones (excluding diaryl/α,β-unsaturated/α-hetero) is 10. The number of carbonyl (C=O) groups is 10. The third-order valence-corrected chi connectivity index (χ3v) is 24.3. The molecule has 0 aromatic carbocycles. The number of thiazole rings is 1. The Hall–Kier alpha value is -7.87. The van der Waals surface area contributed by atoms with Gasteiger partial charge < -0.3 is 34.2 Å². The Morgan fingerprint density at radius 1 is 0.426 bits per heavy atom. The quantitative estimate of drug-likeness (QED) is 0.0634. The van der Waals surface area contributed by atoms with Gasteiger partial charge in [0.1, 0.15) is 23.0 Å². The molecule has 4 N–H and O–H groups in total. The number of hydrogen-bond donors (Lipinski definition) is 3. The van der Waals surface area contributed by atoms with Gasteiger partial charge in [-0.15, -0.1) is 34.0 Å². The van der Waals surface area contributed by atoms with Crippen molar-refractivity contribution < 1.29 is 52.4 Å². The second-order valence-electron chi connectivity index (χ2n) is 57.5. The number of nitrogens with two attached hydrogens (primary N) is 1. The summed E-state index contributed by atoms with van der Waals surface area (Å²) in [5, 5.41) is 4.96. The van der Waals surface area contributed by atoms with Gasteiger partial charge in [0.15, 0.2) is 46.4 Å². The number of ketones is 10. The molecule has 0 amide bonds. The lowest BCUT2D eigenvalue weighted by molar-refractivity contribution is -0.126. The first-order valence-corrected chi connectivity index (χ1v) is 55.4. The minimum atomic E-state index is -0.378. The number of halogens is 1. The number of aromatic nitrogens is 8. The van der Waals surface area contributed by atoms with Crippen LogP contribution in [-0.4, -0.2) is 115 Å². The Morgan fingerprint density at radius 3 is 1.20 bits per heavy atom. The fourth-order valence-electron chi connectivity index (χ4n) is 12.7. The lowest BCUT2D eigenvalue weighted by Gasteiger charge is -2.22. The summed E-state index contributed by atoms with van der Waals surface area (Å²) in [7, 11) is 5.72. The summed E-state index contributed by atoms with van der Waals surface area (Å²) >= 11 is 10.7. The second kappa shape index (κ2) is 57.9. The van der Waals surface area contributed by atoms with Gasteiger partial charge in [0.05, 0.1) is 36.9 Å². The fraction of sp³-hybridized carbons (Fsp3) is 0.691. The molecule has 21 nitrogen and oxygen atoms in total. The van der Waals surface area contributed by atoms with E-state index in [9.17, 15) is 47.9 Å². The van der Waals surface area contributed by atoms with E-state index < -0.39 is 0 Å². The molecule has 0 radical (unpaired) electrons. The first-order chi connectivity index (χ1) is 65.6. The van der Waals surface area contributed by atoms with Gasteiger partial charge in [-0.1, -0.05) is 344 Å². The van der Waals surface area contributed by atoms with Crippen LogP contribution in [-0.2, 0) is 62.8 Å². The van der Waals surface area contributed by atoms with Crippen molar-refractivity contribution in [2.45, 2.75) is 438 Å². The Labute approximate surface area is 916 Å². The highest BCUT2D eigenvalue weighted by Crippen LogP contribution is 2.37. The molecule has 8 heterocycles. The van der Waals surface area contributed by atoms with Gasteiger partial charge in [-0.25, -0.2) is 19.9 Å². The standard InChI is InChI=1S/C15H25NO.C14H24N2O.C14H23NOS.C14H22O2.C14H22OS.C11H23NO.C10H13ClOS.C10H16N2O.C9H14N2O.C8H17NO.C4H10/c1-14(2,3)10-11-8-9-12(16(11)7)13(17)15(4,5)6;1-13(2,3)8-10-9-16(7)12(15-10)11(17)14(4,5)6;1-9-11(12(16)14(5,6)7)15-10(17-9)8-13(2,3)4;2*1-13(2,3)9-10-7-8-11(16-10)12(15)14(4,5)6;1-10(2,3)9(13)7-8-12-11(4,5)6;1-6-5-7(11)8(13-6)9(12)10(2,3)4;1-7-6-12(5)9(11-7)8(13)10(2,3)4;1-6-5-10-8(11-6)7(12)9(2,3)4;1-8(2,3)7(10)5-4-6-9;1-4(2)3/h8-9H,10H2,1-7H3;9H,8H2,1-7H3;8H2,1-7H3;2*7-8H,9H2,1-6H3;12H,7-8H2,1-6H3;5H,1-4H3;6H,1-5H3;5H,1-4H3,(H,10,11);4-6,9H2,1-3H3;4H,1-3H3. The minimum Gasteiger partial charge on any atom is -0.458 e. The number of thiophene rings is 2. The Morgan fingerprint density at radius 2 is 0.838 bits per heavy atom. The van der Waals surface area contributed by atoms with Crippen LogP contribution in [0.2, 0.25) is 5.02 Å². The summed E-state index contributed by atoms with van der Waals surface area (Å²) in [5.41, 5.74) is 8.87. The number of aryl methyl sites for hydroxylation is 6. The molecule has 25 heteroatoms. The highest BCUT2D eigenvalue weighted by atomic mass is 35.5. The van der Waals surface area contributed by atoms with Gasteiger partial charge in [-0.05, 0) is 156 Å². The molecule has 8 rings (SSSR count). The van der Waals surface area contributed by atoms with Crippen LogP contribution in [0, 0.1) is 115 Å². The zero-order chi connectivity index (χ0) is 118. The van der Waals surface area contributed by atoms with Gasteiger partial charge in [0.2, 0.25) is 23.1 Å². The third-order valence-electron chi connectivity index (χ3n) is 20.8. The molecule has 0 spiro atoms. The summed E-state index contributed by atoms with van der Waals surface area (Å²) in [6, 6.07) is 13.6. The van der Waals surface area contributed by atoms with E-state index in [0.717, 1.165) is 99.2 Å². The van der Waals surface area contributed by atoms with E-state index in [1.807, 2.05) is 302 Å². The lowest BCUT2D eigenvalue weighted by atomic mass is 9.88. The fourth-order valence-corrected chi connectivity index (χ4v) is 16.9. The van der Waals surface area contributed by atoms with E-state index in [-0.39, 0.29) is 133 Å². The number of carbonyl (C=O) groups excluding carboxylic acids is 10. The van der Waals surface area contributed by atoms with E-state index in [2.05, 4.69) is 188 Å². The van der Waals surface area contributed by atoms with Crippen molar-refractivity contribution in [2.24, 2.45) is 114 Å². The van der Waals surface area contributed by atoms with Crippen molar-refractivity contribution in [3.8, 4) is 0 Å². The molecule has 0 aliphatic carbocycles. The Kier molecular flexibility index (Phi) is 56.4. The number of imidazole rings is 3. The number of nitrogens with zero attached hydrogens (tertiary/aromatic N) is 7. The normalized spacial score (nSPS) is 12.4. The number of furan rings is 1. The van der Waals surface area contributed by atoms with Gasteiger partial charge in [-0.2, -0.15) is 0 Å². The van der Waals surface area contributed by atoms with Gasteiger partial charge >= 0.3 is 0 Å². The molecule has 0 aliphatic heterocycles. The van der Waals surface area contributed by atoms with Crippen LogP contribution in [0.15, 0.2) is 65.5 Å². The molecule has 0 fully saturated rings. The predicted octanol–water partition coefficient (Wildman–Crippen LogP) is 33.2. The monoisotopic (exact) mass is 2130 g/mol. The largest absolute Gasteiger partial charge is 0.458 e. The molecule has 0 saturated heterocycles. The SMILES string of the molecule is CC(C)(C)C(=O)CCCN.CC(C)(C)Cc1ccc(C(=O)C(C)(C)C)o1.CC(C)(C)Cc1ccc(C(=O)C(C)(C)C)s1.CC(C)(C)NCCC(=O)C(C)(C)C.CC(C)C.Cc1cc(Cl)c(C(=O)C(C)(C)C)s1.Cc1cn(C)c(C(=O)C(C)(C)C)n1.Cc1cnc(C(=O)C(C)(C)C)[nH]1.Cc1sc(CC(C)(C)C)nc1C(=O)C(C)(C)C.Cn1c(CC(C)(C)C)ccc1C(=O)C(C)(C)C.Cn1cc(CC(C)(C)C)nc1C(=O)C(C)(C)C. The van der Waals surface area contributed by atoms with Crippen LogP contribution in [0.25, 0.3) is 0 Å². The van der Waals surface area contributed by atoms with Crippen molar-refractivity contribution >= 4 is 103 Å². The Bertz CT molecular complexity index is 5240. The number of rotatable bonds is 19. The number of hydrogen-bond acceptors (Lipinski definition) is 20. The molecular formula is C123H209ClN10O11S3. The first-order valence-electron chi connectivity index (χ1n) is 52.6. The second-order valence-corrected chi connectivity index (χ2v) is 61.6. The van der Waals surface area contributed by atoms with Crippen molar-refractivity contribution in [1.29, 1.82) is 0 Å². The van der Waals surface area contributed by atoms with Crippen LogP contribution in [0.3, 0.4) is 0 Å². The highest BCUT2D eigenvalue weighted by molar-refractivity contribution is 7.15. The number of nitrogens with one attached hydrogen (secondary N) is 2. The molecule has 0 atom stereocenters. The smallest absolute Gasteiger partial charge is 0.203 e. The maximum Gasteiger partial charge on any atom is 0.203 e. The predicted molar refractivity (Wildman–Crippen MR) is 630 cm³/mol.